The van der Waals surface area contributed by atoms with Crippen molar-refractivity contribution in [2.75, 3.05) is 26.9 Å². The molecule has 4 heteroatoms. The normalized spacial score (nSPS) is 12.6. The summed E-state index contributed by atoms with van der Waals surface area (Å²) >= 11 is 0. The highest BCUT2D eigenvalue weighted by Crippen LogP contribution is 1.92. The summed E-state index contributed by atoms with van der Waals surface area (Å²) in [6, 6.07) is 0. The van der Waals surface area contributed by atoms with Crippen molar-refractivity contribution in [3.8, 4) is 0 Å². The molecule has 0 saturated heterocycles. The Morgan fingerprint density at radius 1 is 1.50 bits per heavy atom. The van der Waals surface area contributed by atoms with E-state index in [9.17, 15) is 4.79 Å². The maximum absolute atomic E-state index is 10.8. The van der Waals surface area contributed by atoms with Gasteiger partial charge in [0.05, 0.1) is 6.61 Å². The molecule has 0 amide bonds. The van der Waals surface area contributed by atoms with Crippen LogP contribution in [0.2, 0.25) is 0 Å². The number of methoxy groups -OCH3 is 1. The minimum absolute atomic E-state index is 0.00351. The largest absolute Gasteiger partial charge is 0.459 e. The van der Waals surface area contributed by atoms with Gasteiger partial charge < -0.3 is 14.2 Å². The molecule has 0 radical (unpaired) electrons. The molecule has 0 aliphatic rings. The van der Waals surface area contributed by atoms with Gasteiger partial charge in [0.2, 0.25) is 0 Å². The van der Waals surface area contributed by atoms with Crippen molar-refractivity contribution in [2.24, 2.45) is 0 Å². The van der Waals surface area contributed by atoms with Gasteiger partial charge in [-0.05, 0) is 13.8 Å². The smallest absolute Gasteiger partial charge is 0.332 e. The number of hydrogen-bond acceptors (Lipinski definition) is 4. The van der Waals surface area contributed by atoms with Gasteiger partial charge in [-0.15, -0.1) is 0 Å². The predicted molar refractivity (Wildman–Crippen MR) is 43.9 cm³/mol. The van der Waals surface area contributed by atoms with Gasteiger partial charge in [0.15, 0.2) is 0 Å². The lowest BCUT2D eigenvalue weighted by atomic mass is 10.4. The Morgan fingerprint density at radius 3 is 2.67 bits per heavy atom. The van der Waals surface area contributed by atoms with Crippen LogP contribution in [-0.4, -0.2) is 39.0 Å². The standard InChI is InChI=1S/C8H16O4/c1-4-11-5-7(2)12-8(9)6-10-3/h7H,4-6H2,1-3H3. The Hall–Kier alpha value is -0.610. The molecule has 0 aromatic rings. The molecule has 0 heterocycles. The van der Waals surface area contributed by atoms with Gasteiger partial charge in [-0.2, -0.15) is 0 Å². The fraction of sp³-hybridized carbons (Fsp3) is 0.875. The topological polar surface area (TPSA) is 44.8 Å². The van der Waals surface area contributed by atoms with Crippen LogP contribution in [-0.2, 0) is 19.0 Å². The molecule has 0 spiro atoms. The molecule has 0 rings (SSSR count). The van der Waals surface area contributed by atoms with E-state index in [2.05, 4.69) is 4.74 Å². The second kappa shape index (κ2) is 7.06. The number of carbonyl (C=O) groups is 1. The number of ether oxygens (including phenoxy) is 3. The van der Waals surface area contributed by atoms with Crippen molar-refractivity contribution in [1.82, 2.24) is 0 Å². The highest BCUT2D eigenvalue weighted by Gasteiger charge is 2.08. The zero-order chi connectivity index (χ0) is 9.40. The van der Waals surface area contributed by atoms with Crippen LogP contribution in [0.25, 0.3) is 0 Å². The third-order valence-corrected chi connectivity index (χ3v) is 1.15. The van der Waals surface area contributed by atoms with Crippen LogP contribution in [0, 0.1) is 0 Å². The van der Waals surface area contributed by atoms with Crippen molar-refractivity contribution in [3.05, 3.63) is 0 Å². The molecule has 0 N–H and O–H groups in total. The van der Waals surface area contributed by atoms with Crippen LogP contribution in [0.4, 0.5) is 0 Å². The average Bonchev–Trinajstić information content (AvgIpc) is 2.01. The number of esters is 1. The minimum Gasteiger partial charge on any atom is -0.459 e. The van der Waals surface area contributed by atoms with Crippen LogP contribution < -0.4 is 0 Å². The Bertz CT molecular complexity index is 124. The van der Waals surface area contributed by atoms with E-state index in [1.54, 1.807) is 6.92 Å². The highest BCUT2D eigenvalue weighted by molar-refractivity contribution is 5.70. The zero-order valence-corrected chi connectivity index (χ0v) is 7.83. The summed E-state index contributed by atoms with van der Waals surface area (Å²) in [5, 5.41) is 0. The molecule has 72 valence electrons. The molecule has 0 aliphatic carbocycles. The first kappa shape index (κ1) is 11.4. The first-order chi connectivity index (χ1) is 5.70. The highest BCUT2D eigenvalue weighted by atomic mass is 16.6. The van der Waals surface area contributed by atoms with E-state index in [-0.39, 0.29) is 18.7 Å². The second-order valence-electron chi connectivity index (χ2n) is 2.39. The van der Waals surface area contributed by atoms with Crippen LogP contribution in [0.15, 0.2) is 0 Å². The SMILES string of the molecule is CCOCC(C)OC(=O)COC. The van der Waals surface area contributed by atoms with E-state index in [0.29, 0.717) is 13.2 Å². The first-order valence-electron chi connectivity index (χ1n) is 3.96. The van der Waals surface area contributed by atoms with E-state index >= 15 is 0 Å². The van der Waals surface area contributed by atoms with Gasteiger partial charge in [0, 0.05) is 13.7 Å². The van der Waals surface area contributed by atoms with E-state index in [0.717, 1.165) is 0 Å². The average molecular weight is 176 g/mol. The lowest BCUT2D eigenvalue weighted by Gasteiger charge is -2.12. The predicted octanol–water partition coefficient (Wildman–Crippen LogP) is 0.601. The van der Waals surface area contributed by atoms with E-state index in [4.69, 9.17) is 9.47 Å². The summed E-state index contributed by atoms with van der Waals surface area (Å²) in [4.78, 5) is 10.8. The molecule has 12 heavy (non-hydrogen) atoms. The molecule has 4 nitrogen and oxygen atoms in total. The van der Waals surface area contributed by atoms with Crippen molar-refractivity contribution in [2.45, 2.75) is 20.0 Å². The third kappa shape index (κ3) is 6.12. The lowest BCUT2D eigenvalue weighted by molar-refractivity contribution is -0.155. The minimum atomic E-state index is -0.357. The van der Waals surface area contributed by atoms with Gasteiger partial charge in [-0.3, -0.25) is 0 Å². The zero-order valence-electron chi connectivity index (χ0n) is 7.83. The number of carbonyl (C=O) groups excluding carboxylic acids is 1. The van der Waals surface area contributed by atoms with Crippen LogP contribution >= 0.6 is 0 Å². The summed E-state index contributed by atoms with van der Waals surface area (Å²) in [6.07, 6.45) is -0.201. The quantitative estimate of drug-likeness (QED) is 0.556. The Balaban J connectivity index is 3.40. The Kier molecular flexibility index (Phi) is 6.70. The van der Waals surface area contributed by atoms with Crippen LogP contribution in [0.5, 0.6) is 0 Å². The maximum Gasteiger partial charge on any atom is 0.332 e. The molecular weight excluding hydrogens is 160 g/mol. The van der Waals surface area contributed by atoms with E-state index in [1.165, 1.54) is 7.11 Å². The van der Waals surface area contributed by atoms with Crippen molar-refractivity contribution in [1.29, 1.82) is 0 Å². The van der Waals surface area contributed by atoms with Gasteiger partial charge in [-0.25, -0.2) is 4.79 Å². The lowest BCUT2D eigenvalue weighted by Crippen LogP contribution is -2.22. The first-order valence-corrected chi connectivity index (χ1v) is 3.96. The molecule has 0 bridgehead atoms. The van der Waals surface area contributed by atoms with Crippen molar-refractivity contribution < 1.29 is 19.0 Å². The molecule has 0 aromatic carbocycles. The summed E-state index contributed by atoms with van der Waals surface area (Å²) in [7, 11) is 1.45. The number of hydrogen-bond donors (Lipinski definition) is 0. The van der Waals surface area contributed by atoms with Crippen molar-refractivity contribution >= 4 is 5.97 Å². The molecule has 0 fully saturated rings. The third-order valence-electron chi connectivity index (χ3n) is 1.15. The van der Waals surface area contributed by atoms with Crippen LogP contribution in [0.1, 0.15) is 13.8 Å². The Morgan fingerprint density at radius 2 is 2.17 bits per heavy atom. The monoisotopic (exact) mass is 176 g/mol. The Labute approximate surface area is 72.8 Å². The molecule has 0 aliphatic heterocycles. The van der Waals surface area contributed by atoms with Gasteiger partial charge >= 0.3 is 5.97 Å². The van der Waals surface area contributed by atoms with Crippen LogP contribution in [0.3, 0.4) is 0 Å². The second-order valence-corrected chi connectivity index (χ2v) is 2.39. The molecule has 0 saturated carbocycles. The van der Waals surface area contributed by atoms with Gasteiger partial charge in [-0.1, -0.05) is 0 Å². The molecule has 0 aromatic heterocycles. The summed E-state index contributed by atoms with van der Waals surface area (Å²) < 4.78 is 14.6. The molecule has 1 unspecified atom stereocenters. The summed E-state index contributed by atoms with van der Waals surface area (Å²) in [6.45, 7) is 4.74. The summed E-state index contributed by atoms with van der Waals surface area (Å²) in [5.74, 6) is -0.357. The van der Waals surface area contributed by atoms with E-state index in [1.807, 2.05) is 6.92 Å². The van der Waals surface area contributed by atoms with Gasteiger partial charge in [0.1, 0.15) is 12.7 Å². The van der Waals surface area contributed by atoms with Gasteiger partial charge in [0.25, 0.3) is 0 Å². The summed E-state index contributed by atoms with van der Waals surface area (Å²) in [5.41, 5.74) is 0. The van der Waals surface area contributed by atoms with Crippen molar-refractivity contribution in [3.63, 3.8) is 0 Å². The fourth-order valence-electron chi connectivity index (χ4n) is 0.694. The fourth-order valence-corrected chi connectivity index (χ4v) is 0.694. The number of rotatable bonds is 6. The molecular formula is C8H16O4. The molecule has 1 atom stereocenters. The maximum atomic E-state index is 10.8. The van der Waals surface area contributed by atoms with E-state index < -0.39 is 0 Å².